The molecule has 146 valence electrons. The quantitative estimate of drug-likeness (QED) is 0.592. The number of benzene rings is 2. The van der Waals surface area contributed by atoms with E-state index in [0.29, 0.717) is 5.92 Å². The summed E-state index contributed by atoms with van der Waals surface area (Å²) in [6.07, 6.45) is 6.20. The van der Waals surface area contributed by atoms with Crippen molar-refractivity contribution in [3.8, 4) is 11.1 Å². The SMILES string of the molecule is CC(C)(C)S(=O)N[C@H](c1ccccc1-c1ccc(Cl)cc1)C1CCCCC1. The summed E-state index contributed by atoms with van der Waals surface area (Å²) in [4.78, 5) is 0. The zero-order valence-corrected chi connectivity index (χ0v) is 18.1. The molecule has 0 bridgehead atoms. The molecule has 2 aromatic carbocycles. The topological polar surface area (TPSA) is 29.1 Å². The van der Waals surface area contributed by atoms with Gasteiger partial charge < -0.3 is 0 Å². The van der Waals surface area contributed by atoms with E-state index in [1.54, 1.807) is 0 Å². The van der Waals surface area contributed by atoms with Crippen LogP contribution in [0.3, 0.4) is 0 Å². The maximum absolute atomic E-state index is 13.0. The van der Waals surface area contributed by atoms with Crippen LogP contribution in [-0.2, 0) is 11.0 Å². The van der Waals surface area contributed by atoms with Crippen molar-refractivity contribution in [3.05, 3.63) is 59.1 Å². The predicted molar refractivity (Wildman–Crippen MR) is 117 cm³/mol. The Bertz CT molecular complexity index is 776. The number of rotatable bonds is 5. The molecule has 1 aliphatic carbocycles. The van der Waals surface area contributed by atoms with E-state index in [9.17, 15) is 4.21 Å². The van der Waals surface area contributed by atoms with E-state index in [1.807, 2.05) is 32.9 Å². The second kappa shape index (κ2) is 8.89. The largest absolute Gasteiger partial charge is 0.242 e. The first kappa shape index (κ1) is 20.6. The van der Waals surface area contributed by atoms with Gasteiger partial charge in [0.05, 0.1) is 15.7 Å². The Kier molecular flexibility index (Phi) is 6.78. The van der Waals surface area contributed by atoms with Crippen molar-refractivity contribution in [1.82, 2.24) is 4.72 Å². The fraction of sp³-hybridized carbons (Fsp3) is 0.478. The standard InChI is InChI=1S/C23H30ClNOS/c1-23(2,3)27(26)25-22(18-9-5-4-6-10-18)21-12-8-7-11-20(21)17-13-15-19(24)16-14-17/h7-8,11-16,18,22,25H,4-6,9-10H2,1-3H3/t22-,27?/m0/s1. The highest BCUT2D eigenvalue weighted by atomic mass is 35.5. The van der Waals surface area contributed by atoms with Crippen molar-refractivity contribution in [2.24, 2.45) is 5.92 Å². The van der Waals surface area contributed by atoms with Gasteiger partial charge in [0.25, 0.3) is 0 Å². The van der Waals surface area contributed by atoms with Gasteiger partial charge in [0.1, 0.15) is 0 Å². The molecule has 4 heteroatoms. The summed E-state index contributed by atoms with van der Waals surface area (Å²) in [5.41, 5.74) is 3.59. The van der Waals surface area contributed by atoms with Gasteiger partial charge in [0, 0.05) is 11.1 Å². The molecule has 1 aliphatic rings. The van der Waals surface area contributed by atoms with Crippen LogP contribution >= 0.6 is 11.6 Å². The third-order valence-electron chi connectivity index (χ3n) is 5.36. The van der Waals surface area contributed by atoms with Crippen molar-refractivity contribution >= 4 is 22.6 Å². The lowest BCUT2D eigenvalue weighted by Crippen LogP contribution is -2.39. The summed E-state index contributed by atoms with van der Waals surface area (Å²) >= 11 is 6.09. The summed E-state index contributed by atoms with van der Waals surface area (Å²) in [5, 5.41) is 0.743. The lowest BCUT2D eigenvalue weighted by Gasteiger charge is -2.34. The molecule has 0 amide bonds. The Labute approximate surface area is 171 Å². The molecule has 2 nitrogen and oxygen atoms in total. The van der Waals surface area contributed by atoms with Crippen LogP contribution in [0.15, 0.2) is 48.5 Å². The van der Waals surface area contributed by atoms with Gasteiger partial charge >= 0.3 is 0 Å². The molecule has 0 saturated heterocycles. The summed E-state index contributed by atoms with van der Waals surface area (Å²) in [7, 11) is -1.11. The molecule has 2 atom stereocenters. The first-order valence-corrected chi connectivity index (χ1v) is 11.4. The Morgan fingerprint density at radius 3 is 2.26 bits per heavy atom. The van der Waals surface area contributed by atoms with E-state index in [1.165, 1.54) is 43.2 Å². The predicted octanol–water partition coefficient (Wildman–Crippen LogP) is 6.68. The minimum Gasteiger partial charge on any atom is -0.242 e. The van der Waals surface area contributed by atoms with Crippen LogP contribution in [0.25, 0.3) is 11.1 Å². The molecule has 2 aromatic rings. The molecule has 0 aromatic heterocycles. The fourth-order valence-corrected chi connectivity index (χ4v) is 4.86. The van der Waals surface area contributed by atoms with Crippen LogP contribution in [0.4, 0.5) is 0 Å². The fourth-order valence-electron chi connectivity index (χ4n) is 3.83. The first-order chi connectivity index (χ1) is 12.9. The van der Waals surface area contributed by atoms with Gasteiger partial charge in [-0.15, -0.1) is 0 Å². The highest BCUT2D eigenvalue weighted by Crippen LogP contribution is 2.39. The van der Waals surface area contributed by atoms with Crippen LogP contribution in [0.2, 0.25) is 5.02 Å². The Hall–Kier alpha value is -1.16. The molecule has 1 saturated carbocycles. The second-order valence-electron chi connectivity index (χ2n) is 8.47. The van der Waals surface area contributed by atoms with E-state index < -0.39 is 11.0 Å². The average molecular weight is 404 g/mol. The summed E-state index contributed by atoms with van der Waals surface area (Å²) < 4.78 is 16.2. The van der Waals surface area contributed by atoms with Crippen molar-refractivity contribution in [1.29, 1.82) is 0 Å². The third kappa shape index (κ3) is 5.22. The smallest absolute Gasteiger partial charge is 0.0976 e. The molecule has 0 heterocycles. The molecule has 0 radical (unpaired) electrons. The zero-order valence-electron chi connectivity index (χ0n) is 16.5. The number of hydrogen-bond donors (Lipinski definition) is 1. The van der Waals surface area contributed by atoms with E-state index in [2.05, 4.69) is 41.1 Å². The molecule has 3 rings (SSSR count). The minimum atomic E-state index is -1.11. The Morgan fingerprint density at radius 2 is 1.63 bits per heavy atom. The Balaban J connectivity index is 2.01. The van der Waals surface area contributed by atoms with Crippen molar-refractivity contribution in [3.63, 3.8) is 0 Å². The van der Waals surface area contributed by atoms with Crippen LogP contribution in [0.5, 0.6) is 0 Å². The maximum Gasteiger partial charge on any atom is 0.0976 e. The number of hydrogen-bond acceptors (Lipinski definition) is 1. The van der Waals surface area contributed by atoms with Crippen LogP contribution in [0, 0.1) is 5.92 Å². The molecular weight excluding hydrogens is 374 g/mol. The van der Waals surface area contributed by atoms with Gasteiger partial charge in [-0.1, -0.05) is 67.3 Å². The van der Waals surface area contributed by atoms with E-state index in [4.69, 9.17) is 11.6 Å². The van der Waals surface area contributed by atoms with E-state index in [0.717, 1.165) is 10.6 Å². The highest BCUT2D eigenvalue weighted by molar-refractivity contribution is 7.84. The Morgan fingerprint density at radius 1 is 1.00 bits per heavy atom. The summed E-state index contributed by atoms with van der Waals surface area (Å²) in [5.74, 6) is 0.513. The van der Waals surface area contributed by atoms with Gasteiger partial charge in [-0.2, -0.15) is 0 Å². The number of nitrogens with one attached hydrogen (secondary N) is 1. The van der Waals surface area contributed by atoms with Crippen molar-refractivity contribution < 1.29 is 4.21 Å². The molecular formula is C23H30ClNOS. The molecule has 27 heavy (non-hydrogen) atoms. The monoisotopic (exact) mass is 403 g/mol. The third-order valence-corrected chi connectivity index (χ3v) is 7.19. The van der Waals surface area contributed by atoms with Gasteiger partial charge in [-0.3, -0.25) is 0 Å². The molecule has 0 aliphatic heterocycles. The summed E-state index contributed by atoms with van der Waals surface area (Å²) in [6, 6.07) is 16.6. The van der Waals surface area contributed by atoms with Crippen LogP contribution in [-0.4, -0.2) is 8.96 Å². The van der Waals surface area contributed by atoms with Gasteiger partial charge in [0.15, 0.2) is 0 Å². The van der Waals surface area contributed by atoms with E-state index in [-0.39, 0.29) is 10.8 Å². The summed E-state index contributed by atoms with van der Waals surface area (Å²) in [6.45, 7) is 6.08. The van der Waals surface area contributed by atoms with Gasteiger partial charge in [-0.25, -0.2) is 8.93 Å². The number of halogens is 1. The lowest BCUT2D eigenvalue weighted by molar-refractivity contribution is 0.295. The van der Waals surface area contributed by atoms with Gasteiger partial charge in [-0.05, 0) is 68.4 Å². The first-order valence-electron chi connectivity index (χ1n) is 9.89. The highest BCUT2D eigenvalue weighted by Gasteiger charge is 2.31. The second-order valence-corrected chi connectivity index (χ2v) is 10.9. The van der Waals surface area contributed by atoms with Gasteiger partial charge in [0.2, 0.25) is 0 Å². The molecule has 1 N–H and O–H groups in total. The minimum absolute atomic E-state index is 0.0947. The zero-order chi connectivity index (χ0) is 19.4. The van der Waals surface area contributed by atoms with Crippen LogP contribution < -0.4 is 4.72 Å². The van der Waals surface area contributed by atoms with Crippen molar-refractivity contribution in [2.45, 2.75) is 63.7 Å². The van der Waals surface area contributed by atoms with Crippen molar-refractivity contribution in [2.75, 3.05) is 0 Å². The molecule has 0 spiro atoms. The maximum atomic E-state index is 13.0. The van der Waals surface area contributed by atoms with E-state index >= 15 is 0 Å². The molecule has 1 fully saturated rings. The molecule has 1 unspecified atom stereocenters. The lowest BCUT2D eigenvalue weighted by atomic mass is 9.80. The van der Waals surface area contributed by atoms with Crippen LogP contribution in [0.1, 0.15) is 64.5 Å². The average Bonchev–Trinajstić information content (AvgIpc) is 2.66. The normalized spacial score (nSPS) is 18.2.